The Morgan fingerprint density at radius 3 is 2.67 bits per heavy atom. The number of piperidine rings is 1. The number of carbonyl (C=O) groups excluding carboxylic acids is 1. The maximum atomic E-state index is 12.6. The van der Waals surface area contributed by atoms with Gasteiger partial charge in [0.1, 0.15) is 5.75 Å². The zero-order valence-corrected chi connectivity index (χ0v) is 13.2. The van der Waals surface area contributed by atoms with Crippen LogP contribution in [0.2, 0.25) is 0 Å². The number of ether oxygens (including phenoxy) is 1. The van der Waals surface area contributed by atoms with E-state index in [-0.39, 0.29) is 5.91 Å². The van der Waals surface area contributed by atoms with Crippen molar-refractivity contribution in [1.29, 1.82) is 0 Å². The summed E-state index contributed by atoms with van der Waals surface area (Å²) in [6.45, 7) is 5.96. The molecule has 2 N–H and O–H groups in total. The smallest absolute Gasteiger partial charge is 0.226 e. The monoisotopic (exact) mass is 290 g/mol. The molecular formula is C17H26N2O2. The molecule has 1 aromatic rings. The summed E-state index contributed by atoms with van der Waals surface area (Å²) >= 11 is 0. The third kappa shape index (κ3) is 4.21. The summed E-state index contributed by atoms with van der Waals surface area (Å²) in [5.41, 5.74) is 0.630. The first kappa shape index (κ1) is 15.8. The van der Waals surface area contributed by atoms with Crippen LogP contribution in [0.15, 0.2) is 24.3 Å². The van der Waals surface area contributed by atoms with Gasteiger partial charge in [-0.3, -0.25) is 4.79 Å². The van der Waals surface area contributed by atoms with Crippen molar-refractivity contribution in [2.75, 3.05) is 20.2 Å². The number of methoxy groups -OCH3 is 1. The average Bonchev–Trinajstić information content (AvgIpc) is 2.48. The van der Waals surface area contributed by atoms with E-state index in [1.54, 1.807) is 7.11 Å². The van der Waals surface area contributed by atoms with Crippen LogP contribution in [0, 0.1) is 5.41 Å². The van der Waals surface area contributed by atoms with Gasteiger partial charge in [-0.15, -0.1) is 0 Å². The highest BCUT2D eigenvalue weighted by Crippen LogP contribution is 2.28. The van der Waals surface area contributed by atoms with Crippen molar-refractivity contribution in [3.05, 3.63) is 29.8 Å². The van der Waals surface area contributed by atoms with Crippen LogP contribution >= 0.6 is 0 Å². The second-order valence-corrected chi connectivity index (χ2v) is 6.37. The molecule has 0 aromatic heterocycles. The van der Waals surface area contributed by atoms with Crippen molar-refractivity contribution in [2.24, 2.45) is 5.41 Å². The van der Waals surface area contributed by atoms with E-state index in [4.69, 9.17) is 4.74 Å². The van der Waals surface area contributed by atoms with Gasteiger partial charge in [0, 0.05) is 11.5 Å². The van der Waals surface area contributed by atoms with Crippen LogP contribution in [-0.2, 0) is 11.2 Å². The Hall–Kier alpha value is -1.55. The summed E-state index contributed by atoms with van der Waals surface area (Å²) in [6.07, 6.45) is 2.70. The number of hydrogen-bond donors (Lipinski definition) is 2. The van der Waals surface area contributed by atoms with Gasteiger partial charge < -0.3 is 15.4 Å². The van der Waals surface area contributed by atoms with Crippen LogP contribution in [0.5, 0.6) is 5.75 Å². The van der Waals surface area contributed by atoms with Crippen LogP contribution in [0.4, 0.5) is 0 Å². The first-order valence-electron chi connectivity index (χ1n) is 7.66. The topological polar surface area (TPSA) is 50.4 Å². The van der Waals surface area contributed by atoms with Gasteiger partial charge in [0.15, 0.2) is 0 Å². The Balaban J connectivity index is 2.01. The Labute approximate surface area is 127 Å². The lowest BCUT2D eigenvalue weighted by molar-refractivity contribution is -0.130. The van der Waals surface area contributed by atoms with Gasteiger partial charge in [-0.1, -0.05) is 32.0 Å². The summed E-state index contributed by atoms with van der Waals surface area (Å²) in [5, 5.41) is 6.51. The van der Waals surface area contributed by atoms with E-state index in [1.807, 2.05) is 38.1 Å². The average molecular weight is 290 g/mol. The molecule has 21 heavy (non-hydrogen) atoms. The third-order valence-electron chi connectivity index (χ3n) is 4.11. The zero-order chi connectivity index (χ0) is 15.3. The molecule has 1 aliphatic heterocycles. The molecule has 0 saturated carbocycles. The number of benzene rings is 1. The van der Waals surface area contributed by atoms with Crippen LogP contribution in [-0.4, -0.2) is 32.1 Å². The quantitative estimate of drug-likeness (QED) is 0.873. The maximum Gasteiger partial charge on any atom is 0.226 e. The highest BCUT2D eigenvalue weighted by molar-refractivity contribution is 5.82. The fourth-order valence-electron chi connectivity index (χ4n) is 2.75. The number of para-hydroxylation sites is 1. The van der Waals surface area contributed by atoms with Gasteiger partial charge in [0.25, 0.3) is 0 Å². The summed E-state index contributed by atoms with van der Waals surface area (Å²) < 4.78 is 5.38. The normalized spacial score (nSPS) is 16.5. The van der Waals surface area contributed by atoms with E-state index in [0.717, 1.165) is 37.2 Å². The van der Waals surface area contributed by atoms with Crippen molar-refractivity contribution in [3.63, 3.8) is 0 Å². The van der Waals surface area contributed by atoms with Crippen molar-refractivity contribution in [2.45, 2.75) is 39.2 Å². The van der Waals surface area contributed by atoms with E-state index in [0.29, 0.717) is 12.5 Å². The predicted octanol–water partition coefficient (Wildman–Crippen LogP) is 2.13. The second kappa shape index (κ2) is 6.94. The van der Waals surface area contributed by atoms with Crippen LogP contribution in [0.1, 0.15) is 32.3 Å². The van der Waals surface area contributed by atoms with E-state index in [9.17, 15) is 4.79 Å². The minimum Gasteiger partial charge on any atom is -0.496 e. The standard InChI is InChI=1S/C17H26N2O2/c1-17(2,12-13-6-4-5-7-15(13)21-3)16(20)19-14-8-10-18-11-9-14/h4-7,14,18H,8-12H2,1-3H3,(H,19,20). The lowest BCUT2D eigenvalue weighted by Gasteiger charge is -2.30. The molecule has 4 nitrogen and oxygen atoms in total. The van der Waals surface area contributed by atoms with E-state index in [2.05, 4.69) is 10.6 Å². The van der Waals surface area contributed by atoms with Gasteiger partial charge in [0.05, 0.1) is 7.11 Å². The van der Waals surface area contributed by atoms with Crippen molar-refractivity contribution in [1.82, 2.24) is 10.6 Å². The molecule has 0 bridgehead atoms. The van der Waals surface area contributed by atoms with Crippen LogP contribution in [0.25, 0.3) is 0 Å². The Bertz CT molecular complexity index is 479. The largest absolute Gasteiger partial charge is 0.496 e. The summed E-state index contributed by atoms with van der Waals surface area (Å²) in [6, 6.07) is 8.20. The highest BCUT2D eigenvalue weighted by atomic mass is 16.5. The molecule has 2 rings (SSSR count). The first-order valence-corrected chi connectivity index (χ1v) is 7.66. The number of rotatable bonds is 5. The SMILES string of the molecule is COc1ccccc1CC(C)(C)C(=O)NC1CCNCC1. The number of nitrogens with one attached hydrogen (secondary N) is 2. The van der Waals surface area contributed by atoms with Crippen molar-refractivity contribution >= 4 is 5.91 Å². The molecule has 116 valence electrons. The lowest BCUT2D eigenvalue weighted by Crippen LogP contribution is -2.47. The lowest BCUT2D eigenvalue weighted by atomic mass is 9.84. The highest BCUT2D eigenvalue weighted by Gasteiger charge is 2.30. The molecule has 1 amide bonds. The summed E-state index contributed by atoms with van der Waals surface area (Å²) in [5.74, 6) is 0.973. The molecule has 1 aliphatic rings. The third-order valence-corrected chi connectivity index (χ3v) is 4.11. The van der Waals surface area contributed by atoms with E-state index < -0.39 is 5.41 Å². The molecule has 1 heterocycles. The summed E-state index contributed by atoms with van der Waals surface area (Å²) in [4.78, 5) is 12.6. The minimum absolute atomic E-state index is 0.125. The minimum atomic E-state index is -0.445. The van der Waals surface area contributed by atoms with E-state index >= 15 is 0 Å². The fraction of sp³-hybridized carbons (Fsp3) is 0.588. The molecule has 4 heteroatoms. The van der Waals surface area contributed by atoms with Gasteiger partial charge in [-0.25, -0.2) is 0 Å². The molecule has 1 aromatic carbocycles. The molecule has 0 radical (unpaired) electrons. The predicted molar refractivity (Wildman–Crippen MR) is 84.5 cm³/mol. The van der Waals surface area contributed by atoms with Crippen LogP contribution in [0.3, 0.4) is 0 Å². The van der Waals surface area contributed by atoms with Gasteiger partial charge in [-0.05, 0) is 44.0 Å². The number of carbonyl (C=O) groups is 1. The Morgan fingerprint density at radius 1 is 1.33 bits per heavy atom. The zero-order valence-electron chi connectivity index (χ0n) is 13.2. The van der Waals surface area contributed by atoms with Crippen molar-refractivity contribution < 1.29 is 9.53 Å². The first-order chi connectivity index (χ1) is 10.0. The molecule has 1 fully saturated rings. The molecule has 0 unspecified atom stereocenters. The number of amides is 1. The van der Waals surface area contributed by atoms with Gasteiger partial charge >= 0.3 is 0 Å². The molecular weight excluding hydrogens is 264 g/mol. The molecule has 0 atom stereocenters. The molecule has 0 aliphatic carbocycles. The molecule has 0 spiro atoms. The van der Waals surface area contributed by atoms with Gasteiger partial charge in [0.2, 0.25) is 5.91 Å². The second-order valence-electron chi connectivity index (χ2n) is 6.37. The number of hydrogen-bond acceptors (Lipinski definition) is 3. The fourth-order valence-corrected chi connectivity index (χ4v) is 2.75. The Kier molecular flexibility index (Phi) is 5.23. The van der Waals surface area contributed by atoms with E-state index in [1.165, 1.54) is 0 Å². The van der Waals surface area contributed by atoms with Gasteiger partial charge in [-0.2, -0.15) is 0 Å². The molecule has 1 saturated heterocycles. The van der Waals surface area contributed by atoms with Crippen LogP contribution < -0.4 is 15.4 Å². The summed E-state index contributed by atoms with van der Waals surface area (Å²) in [7, 11) is 1.67. The maximum absolute atomic E-state index is 12.6. The Morgan fingerprint density at radius 2 is 2.00 bits per heavy atom. The van der Waals surface area contributed by atoms with Crippen molar-refractivity contribution in [3.8, 4) is 5.75 Å².